The summed E-state index contributed by atoms with van der Waals surface area (Å²) in [6.07, 6.45) is 3.05. The zero-order valence-electron chi connectivity index (χ0n) is 16.1. The van der Waals surface area contributed by atoms with Gasteiger partial charge in [-0.3, -0.25) is 14.6 Å². The maximum Gasteiger partial charge on any atom is 0.269 e. The molecule has 0 aliphatic carbocycles. The van der Waals surface area contributed by atoms with Gasteiger partial charge in [-0.05, 0) is 49.1 Å². The summed E-state index contributed by atoms with van der Waals surface area (Å²) in [5.41, 5.74) is 3.66. The first-order valence-corrected chi connectivity index (χ1v) is 9.73. The van der Waals surface area contributed by atoms with E-state index in [-0.39, 0.29) is 24.0 Å². The van der Waals surface area contributed by atoms with Gasteiger partial charge in [0, 0.05) is 25.7 Å². The van der Waals surface area contributed by atoms with Crippen LogP contribution in [0.1, 0.15) is 50.9 Å². The van der Waals surface area contributed by atoms with Gasteiger partial charge in [0.2, 0.25) is 0 Å². The Labute approximate surface area is 168 Å². The van der Waals surface area contributed by atoms with E-state index in [1.807, 2.05) is 30.9 Å². The number of fused-ring (bicyclic) bond motifs is 3. The van der Waals surface area contributed by atoms with Crippen LogP contribution in [0.2, 0.25) is 5.02 Å². The van der Waals surface area contributed by atoms with E-state index >= 15 is 0 Å². The van der Waals surface area contributed by atoms with E-state index in [0.717, 1.165) is 23.1 Å². The van der Waals surface area contributed by atoms with Gasteiger partial charge in [-0.2, -0.15) is 0 Å². The van der Waals surface area contributed by atoms with E-state index in [1.165, 1.54) is 0 Å². The highest BCUT2D eigenvalue weighted by Gasteiger charge is 2.40. The van der Waals surface area contributed by atoms with Crippen molar-refractivity contribution in [2.24, 2.45) is 0 Å². The van der Waals surface area contributed by atoms with Crippen LogP contribution in [0.15, 0.2) is 24.4 Å². The molecule has 4 rings (SSSR count). The van der Waals surface area contributed by atoms with Gasteiger partial charge in [-0.15, -0.1) is 0 Å². The van der Waals surface area contributed by atoms with E-state index in [4.69, 9.17) is 16.3 Å². The number of rotatable bonds is 3. The van der Waals surface area contributed by atoms with Crippen molar-refractivity contribution in [3.05, 3.63) is 57.4 Å². The molecule has 1 saturated heterocycles. The number of nitrogens with zero attached hydrogens (tertiary/aromatic N) is 2. The lowest BCUT2D eigenvalue weighted by molar-refractivity contribution is 0.0748. The number of benzene rings is 1. The maximum absolute atomic E-state index is 13.1. The lowest BCUT2D eigenvalue weighted by atomic mass is 9.97. The smallest absolute Gasteiger partial charge is 0.269 e. The first-order valence-electron chi connectivity index (χ1n) is 9.35. The lowest BCUT2D eigenvalue weighted by Gasteiger charge is -2.23. The molecule has 0 spiro atoms. The van der Waals surface area contributed by atoms with Crippen LogP contribution in [-0.4, -0.2) is 47.4 Å². The van der Waals surface area contributed by atoms with E-state index in [9.17, 15) is 9.59 Å². The van der Waals surface area contributed by atoms with Gasteiger partial charge >= 0.3 is 0 Å². The summed E-state index contributed by atoms with van der Waals surface area (Å²) in [5.74, 6) is 0.246. The van der Waals surface area contributed by atoms with E-state index in [0.29, 0.717) is 35.0 Å². The van der Waals surface area contributed by atoms with E-state index < -0.39 is 0 Å². The first-order chi connectivity index (χ1) is 13.4. The number of carbonyl (C=O) groups is 2. The van der Waals surface area contributed by atoms with Gasteiger partial charge < -0.3 is 15.0 Å². The van der Waals surface area contributed by atoms with Crippen LogP contribution in [0.5, 0.6) is 5.75 Å². The summed E-state index contributed by atoms with van der Waals surface area (Å²) >= 11 is 6.62. The molecule has 0 radical (unpaired) electrons. The van der Waals surface area contributed by atoms with E-state index in [2.05, 4.69) is 10.3 Å². The number of amides is 2. The van der Waals surface area contributed by atoms with Crippen LogP contribution < -0.4 is 10.1 Å². The number of hydrogen-bond donors (Lipinski definition) is 1. The Bertz CT molecular complexity index is 958. The van der Waals surface area contributed by atoms with Crippen LogP contribution in [0.4, 0.5) is 0 Å². The average molecular weight is 400 g/mol. The van der Waals surface area contributed by atoms with Crippen LogP contribution in [0.3, 0.4) is 0 Å². The molecule has 7 heteroatoms. The number of pyridine rings is 1. The van der Waals surface area contributed by atoms with Crippen molar-refractivity contribution in [2.75, 3.05) is 13.6 Å². The SMILES string of the molecule is CNC(=O)c1ccc(Cc2cc3c(c(Cl)c2C)O[C@H]2C[C@H](C)N(C2)C3=O)cn1. The van der Waals surface area contributed by atoms with Crippen molar-refractivity contribution in [3.63, 3.8) is 0 Å². The summed E-state index contributed by atoms with van der Waals surface area (Å²) in [6.45, 7) is 4.58. The summed E-state index contributed by atoms with van der Waals surface area (Å²) in [5, 5.41) is 3.05. The lowest BCUT2D eigenvalue weighted by Crippen LogP contribution is -2.33. The molecule has 1 aromatic carbocycles. The van der Waals surface area contributed by atoms with Crippen molar-refractivity contribution >= 4 is 23.4 Å². The zero-order valence-corrected chi connectivity index (χ0v) is 16.8. The number of ether oxygens (including phenoxy) is 1. The molecule has 2 amide bonds. The minimum Gasteiger partial charge on any atom is -0.486 e. The van der Waals surface area contributed by atoms with Crippen molar-refractivity contribution in [1.29, 1.82) is 0 Å². The Kier molecular flexibility index (Phi) is 4.75. The molecule has 1 aromatic heterocycles. The molecule has 6 nitrogen and oxygen atoms in total. The average Bonchev–Trinajstić information content (AvgIpc) is 3.00. The minimum absolute atomic E-state index is 0.00981. The molecule has 28 heavy (non-hydrogen) atoms. The highest BCUT2D eigenvalue weighted by molar-refractivity contribution is 6.33. The van der Waals surface area contributed by atoms with Crippen LogP contribution in [0, 0.1) is 6.92 Å². The molecular weight excluding hydrogens is 378 g/mol. The number of aromatic nitrogens is 1. The van der Waals surface area contributed by atoms with Gasteiger partial charge in [-0.25, -0.2) is 0 Å². The van der Waals surface area contributed by atoms with Crippen molar-refractivity contribution < 1.29 is 14.3 Å². The van der Waals surface area contributed by atoms with Crippen molar-refractivity contribution in [2.45, 2.75) is 38.8 Å². The summed E-state index contributed by atoms with van der Waals surface area (Å²) in [6, 6.07) is 5.60. The minimum atomic E-state index is -0.225. The molecule has 2 atom stereocenters. The Balaban J connectivity index is 1.69. The van der Waals surface area contributed by atoms with Crippen LogP contribution >= 0.6 is 11.6 Å². The number of nitrogens with one attached hydrogen (secondary N) is 1. The molecule has 0 saturated carbocycles. The maximum atomic E-state index is 13.1. The number of halogens is 1. The van der Waals surface area contributed by atoms with Crippen molar-refractivity contribution in [3.8, 4) is 5.75 Å². The summed E-state index contributed by atoms with van der Waals surface area (Å²) in [4.78, 5) is 30.8. The highest BCUT2D eigenvalue weighted by Crippen LogP contribution is 2.40. The number of carbonyl (C=O) groups excluding carboxylic acids is 2. The number of hydrogen-bond acceptors (Lipinski definition) is 4. The topological polar surface area (TPSA) is 71.5 Å². The van der Waals surface area contributed by atoms with Gasteiger partial charge in [0.25, 0.3) is 11.8 Å². The first kappa shape index (κ1) is 18.7. The molecule has 2 aliphatic rings. The van der Waals surface area contributed by atoms with Gasteiger partial charge in [0.05, 0.1) is 17.1 Å². The molecule has 2 aromatic rings. The zero-order chi connectivity index (χ0) is 20.0. The second-order valence-electron chi connectivity index (χ2n) is 7.44. The van der Waals surface area contributed by atoms with Crippen LogP contribution in [0.25, 0.3) is 0 Å². The second-order valence-corrected chi connectivity index (χ2v) is 7.82. The third-order valence-corrected chi connectivity index (χ3v) is 6.02. The van der Waals surface area contributed by atoms with Crippen LogP contribution in [-0.2, 0) is 6.42 Å². The molecule has 3 heterocycles. The molecule has 2 aliphatic heterocycles. The third kappa shape index (κ3) is 3.11. The Morgan fingerprint density at radius 2 is 2.21 bits per heavy atom. The molecule has 1 N–H and O–H groups in total. The second kappa shape index (κ2) is 7.09. The normalized spacial score (nSPS) is 20.4. The summed E-state index contributed by atoms with van der Waals surface area (Å²) < 4.78 is 6.11. The largest absolute Gasteiger partial charge is 0.486 e. The molecule has 0 unspecified atom stereocenters. The quantitative estimate of drug-likeness (QED) is 0.861. The molecular formula is C21H22ClN3O3. The standard InChI is InChI=1S/C21H22ClN3O3/c1-11-6-15-10-25(11)21(27)16-8-14(12(2)18(22)19(16)28-15)7-13-4-5-17(24-9-13)20(26)23-3/h4-5,8-9,11,15H,6-7,10H2,1-3H3,(H,23,26)/t11-,15-/m0/s1. The molecule has 1 fully saturated rings. The fourth-order valence-corrected chi connectivity index (χ4v) is 4.19. The highest BCUT2D eigenvalue weighted by atomic mass is 35.5. The molecule has 146 valence electrons. The fourth-order valence-electron chi connectivity index (χ4n) is 3.92. The monoisotopic (exact) mass is 399 g/mol. The van der Waals surface area contributed by atoms with Gasteiger partial charge in [-0.1, -0.05) is 17.7 Å². The van der Waals surface area contributed by atoms with E-state index in [1.54, 1.807) is 19.3 Å². The third-order valence-electron chi connectivity index (χ3n) is 5.56. The Morgan fingerprint density at radius 3 is 2.89 bits per heavy atom. The summed E-state index contributed by atoms with van der Waals surface area (Å²) in [7, 11) is 1.57. The Hall–Kier alpha value is -2.60. The van der Waals surface area contributed by atoms with Gasteiger partial charge in [0.1, 0.15) is 11.8 Å². The molecule has 2 bridgehead atoms. The van der Waals surface area contributed by atoms with Crippen molar-refractivity contribution in [1.82, 2.24) is 15.2 Å². The fraction of sp³-hybridized carbons (Fsp3) is 0.381. The Morgan fingerprint density at radius 1 is 1.43 bits per heavy atom. The van der Waals surface area contributed by atoms with Gasteiger partial charge in [0.15, 0.2) is 5.75 Å². The predicted molar refractivity (Wildman–Crippen MR) is 106 cm³/mol. The predicted octanol–water partition coefficient (Wildman–Crippen LogP) is 2.99.